The minimum Gasteiger partial charge on any atom is -0.377 e. The Balaban J connectivity index is 1.63. The van der Waals surface area contributed by atoms with Crippen LogP contribution in [0.4, 0.5) is 0 Å². The van der Waals surface area contributed by atoms with Crippen LogP contribution in [0.25, 0.3) is 0 Å². The Morgan fingerprint density at radius 2 is 2.35 bits per heavy atom. The number of rotatable bonds is 6. The third-order valence-electron chi connectivity index (χ3n) is 4.04. The summed E-state index contributed by atoms with van der Waals surface area (Å²) < 4.78 is 11.0. The molecule has 2 aliphatic rings. The predicted molar refractivity (Wildman–Crippen MR) is 78.8 cm³/mol. The Morgan fingerprint density at radius 3 is 3.00 bits per heavy atom. The van der Waals surface area contributed by atoms with E-state index in [4.69, 9.17) is 9.26 Å². The fourth-order valence-electron chi connectivity index (χ4n) is 2.88. The Labute approximate surface area is 124 Å². The van der Waals surface area contributed by atoms with Crippen LogP contribution in [0.15, 0.2) is 4.52 Å². The van der Waals surface area contributed by atoms with Crippen molar-refractivity contribution in [1.82, 2.24) is 15.0 Å². The zero-order valence-corrected chi connectivity index (χ0v) is 12.9. The molecule has 0 aliphatic carbocycles. The standard InChI is InChI=1S/C14H23N3O2S/c1-2-14-15-13(16-19-14)9-17(11-5-7-20-10-11)8-12-4-3-6-18-12/h11-12H,2-10H2,1H3/t11-,12-/m1/s1. The molecule has 6 heteroatoms. The largest absolute Gasteiger partial charge is 0.377 e. The Kier molecular flexibility index (Phi) is 4.96. The van der Waals surface area contributed by atoms with Crippen LogP contribution in [0, 0.1) is 0 Å². The van der Waals surface area contributed by atoms with E-state index in [1.165, 1.54) is 30.8 Å². The maximum atomic E-state index is 5.79. The average molecular weight is 297 g/mol. The van der Waals surface area contributed by atoms with Crippen LogP contribution in [0.5, 0.6) is 0 Å². The van der Waals surface area contributed by atoms with Crippen molar-refractivity contribution in [3.8, 4) is 0 Å². The number of aromatic nitrogens is 2. The van der Waals surface area contributed by atoms with Crippen molar-refractivity contribution in [2.24, 2.45) is 0 Å². The number of hydrogen-bond donors (Lipinski definition) is 0. The fourth-order valence-corrected chi connectivity index (χ4v) is 4.14. The van der Waals surface area contributed by atoms with Gasteiger partial charge in [-0.3, -0.25) is 4.90 Å². The van der Waals surface area contributed by atoms with Gasteiger partial charge in [0, 0.05) is 31.4 Å². The first-order chi connectivity index (χ1) is 9.85. The van der Waals surface area contributed by atoms with E-state index < -0.39 is 0 Å². The van der Waals surface area contributed by atoms with Crippen molar-refractivity contribution in [1.29, 1.82) is 0 Å². The Morgan fingerprint density at radius 1 is 1.40 bits per heavy atom. The van der Waals surface area contributed by atoms with E-state index in [1.807, 2.05) is 18.7 Å². The summed E-state index contributed by atoms with van der Waals surface area (Å²) in [4.78, 5) is 6.95. The highest BCUT2D eigenvalue weighted by molar-refractivity contribution is 7.99. The van der Waals surface area contributed by atoms with E-state index >= 15 is 0 Å². The van der Waals surface area contributed by atoms with Gasteiger partial charge in [0.2, 0.25) is 5.89 Å². The first-order valence-electron chi connectivity index (χ1n) is 7.60. The van der Waals surface area contributed by atoms with Gasteiger partial charge in [-0.2, -0.15) is 16.7 Å². The number of hydrogen-bond acceptors (Lipinski definition) is 6. The molecule has 3 heterocycles. The fraction of sp³-hybridized carbons (Fsp3) is 0.857. The van der Waals surface area contributed by atoms with E-state index in [0.29, 0.717) is 12.1 Å². The quantitative estimate of drug-likeness (QED) is 0.801. The molecule has 112 valence electrons. The lowest BCUT2D eigenvalue weighted by Gasteiger charge is -2.29. The van der Waals surface area contributed by atoms with Gasteiger partial charge < -0.3 is 9.26 Å². The second-order valence-corrected chi connectivity index (χ2v) is 6.69. The van der Waals surface area contributed by atoms with Crippen molar-refractivity contribution < 1.29 is 9.26 Å². The number of thioether (sulfide) groups is 1. The highest BCUT2D eigenvalue weighted by Crippen LogP contribution is 2.25. The summed E-state index contributed by atoms with van der Waals surface area (Å²) in [6, 6.07) is 0.632. The van der Waals surface area contributed by atoms with Crippen LogP contribution < -0.4 is 0 Å². The maximum Gasteiger partial charge on any atom is 0.226 e. The molecule has 0 bridgehead atoms. The van der Waals surface area contributed by atoms with E-state index in [2.05, 4.69) is 15.0 Å². The van der Waals surface area contributed by atoms with Crippen molar-refractivity contribution in [3.05, 3.63) is 11.7 Å². The number of ether oxygens (including phenoxy) is 1. The smallest absolute Gasteiger partial charge is 0.226 e. The molecular weight excluding hydrogens is 274 g/mol. The summed E-state index contributed by atoms with van der Waals surface area (Å²) in [7, 11) is 0. The average Bonchev–Trinajstić information content (AvgIpc) is 3.21. The van der Waals surface area contributed by atoms with E-state index in [9.17, 15) is 0 Å². The van der Waals surface area contributed by atoms with Gasteiger partial charge >= 0.3 is 0 Å². The topological polar surface area (TPSA) is 51.4 Å². The summed E-state index contributed by atoms with van der Waals surface area (Å²) in [5.41, 5.74) is 0. The van der Waals surface area contributed by atoms with Crippen LogP contribution in [-0.2, 0) is 17.7 Å². The monoisotopic (exact) mass is 297 g/mol. The lowest BCUT2D eigenvalue weighted by atomic mass is 10.1. The first-order valence-corrected chi connectivity index (χ1v) is 8.75. The minimum absolute atomic E-state index is 0.387. The molecule has 5 nitrogen and oxygen atoms in total. The van der Waals surface area contributed by atoms with Gasteiger partial charge in [-0.15, -0.1) is 0 Å². The van der Waals surface area contributed by atoms with Crippen LogP contribution in [0.2, 0.25) is 0 Å². The molecule has 3 rings (SSSR count). The number of aryl methyl sites for hydroxylation is 1. The van der Waals surface area contributed by atoms with Gasteiger partial charge in [0.25, 0.3) is 0 Å². The molecular formula is C14H23N3O2S. The van der Waals surface area contributed by atoms with Gasteiger partial charge in [-0.1, -0.05) is 12.1 Å². The van der Waals surface area contributed by atoms with Gasteiger partial charge in [0.1, 0.15) is 0 Å². The molecule has 0 amide bonds. The maximum absolute atomic E-state index is 5.79. The van der Waals surface area contributed by atoms with Crippen molar-refractivity contribution >= 4 is 11.8 Å². The molecule has 0 spiro atoms. The third kappa shape index (κ3) is 3.54. The van der Waals surface area contributed by atoms with Crippen molar-refractivity contribution in [2.75, 3.05) is 24.7 Å². The molecule has 2 saturated heterocycles. The van der Waals surface area contributed by atoms with Gasteiger partial charge in [-0.05, 0) is 25.0 Å². The van der Waals surface area contributed by atoms with Gasteiger partial charge in [-0.25, -0.2) is 0 Å². The lowest BCUT2D eigenvalue weighted by molar-refractivity contribution is 0.0561. The van der Waals surface area contributed by atoms with Crippen molar-refractivity contribution in [2.45, 2.75) is 51.3 Å². The molecule has 0 saturated carbocycles. The minimum atomic E-state index is 0.387. The number of nitrogens with zero attached hydrogens (tertiary/aromatic N) is 3. The van der Waals surface area contributed by atoms with Crippen LogP contribution in [-0.4, -0.2) is 51.8 Å². The lowest BCUT2D eigenvalue weighted by Crippen LogP contribution is -2.40. The van der Waals surface area contributed by atoms with Gasteiger partial charge in [0.15, 0.2) is 5.82 Å². The van der Waals surface area contributed by atoms with Crippen LogP contribution in [0.1, 0.15) is 37.9 Å². The molecule has 0 radical (unpaired) electrons. The first kappa shape index (κ1) is 14.4. The Bertz CT molecular complexity index is 414. The molecule has 2 aliphatic heterocycles. The third-order valence-corrected chi connectivity index (χ3v) is 5.19. The van der Waals surface area contributed by atoms with E-state index in [1.54, 1.807) is 0 Å². The SMILES string of the molecule is CCc1nc(CN(C[C@H]2CCCO2)[C@@H]2CCSC2)no1. The summed E-state index contributed by atoms with van der Waals surface area (Å²) in [5, 5.41) is 4.10. The second kappa shape index (κ2) is 6.91. The second-order valence-electron chi connectivity index (χ2n) is 5.54. The molecule has 2 fully saturated rings. The molecule has 20 heavy (non-hydrogen) atoms. The summed E-state index contributed by atoms with van der Waals surface area (Å²) in [6.07, 6.45) is 4.83. The molecule has 0 N–H and O–H groups in total. The molecule has 2 atom stereocenters. The zero-order chi connectivity index (χ0) is 13.8. The van der Waals surface area contributed by atoms with E-state index in [0.717, 1.165) is 37.8 Å². The van der Waals surface area contributed by atoms with Crippen molar-refractivity contribution in [3.63, 3.8) is 0 Å². The highest BCUT2D eigenvalue weighted by atomic mass is 32.2. The summed E-state index contributed by atoms with van der Waals surface area (Å²) in [6.45, 7) is 4.74. The molecule has 1 aromatic heterocycles. The molecule has 1 aromatic rings. The highest BCUT2D eigenvalue weighted by Gasteiger charge is 2.28. The zero-order valence-electron chi connectivity index (χ0n) is 12.1. The Hall–Kier alpha value is -0.590. The normalized spacial score (nSPS) is 26.7. The molecule has 0 unspecified atom stereocenters. The summed E-state index contributed by atoms with van der Waals surface area (Å²) >= 11 is 2.04. The summed E-state index contributed by atoms with van der Waals surface area (Å²) in [5.74, 6) is 4.03. The molecule has 0 aromatic carbocycles. The van der Waals surface area contributed by atoms with Gasteiger partial charge in [0.05, 0.1) is 12.6 Å². The predicted octanol–water partition coefficient (Wildman–Crippen LogP) is 2.12. The van der Waals surface area contributed by atoms with Crippen LogP contribution in [0.3, 0.4) is 0 Å². The van der Waals surface area contributed by atoms with Crippen LogP contribution >= 0.6 is 11.8 Å². The van der Waals surface area contributed by atoms with E-state index in [-0.39, 0.29) is 0 Å².